The molecule has 0 unspecified atom stereocenters. The standard InChI is InChI=1S/C9H15NO2.C2HF3O2/c11-9(12)10-7-3-1-4-8(10)6-2-5-7;3-2(4,5)1(6)7/h7-8H,1-6H2,(H,11,12);(H,6,7). The molecule has 2 N–H and O–H groups in total. The molecule has 8 heteroatoms. The molecule has 110 valence electrons. The third-order valence-corrected chi connectivity index (χ3v) is 3.40. The topological polar surface area (TPSA) is 77.8 Å². The SMILES string of the molecule is O=C(O)C(F)(F)F.O=C(O)N1C2CCCC1CCC2. The summed E-state index contributed by atoms with van der Waals surface area (Å²) in [6.45, 7) is 0. The molecule has 2 rings (SSSR count). The number of hydrogen-bond acceptors (Lipinski definition) is 2. The van der Waals surface area contributed by atoms with Gasteiger partial charge in [0.25, 0.3) is 0 Å². The summed E-state index contributed by atoms with van der Waals surface area (Å²) in [6, 6.07) is 0.685. The maximum absolute atomic E-state index is 10.9. The highest BCUT2D eigenvalue weighted by Gasteiger charge is 2.38. The summed E-state index contributed by atoms with van der Waals surface area (Å²) in [5, 5.41) is 16.1. The van der Waals surface area contributed by atoms with Crippen LogP contribution in [0.15, 0.2) is 0 Å². The summed E-state index contributed by atoms with van der Waals surface area (Å²) in [7, 11) is 0. The molecule has 0 aliphatic carbocycles. The zero-order chi connectivity index (χ0) is 14.6. The number of rotatable bonds is 0. The number of halogens is 3. The number of aliphatic carboxylic acids is 1. The predicted molar refractivity (Wildman–Crippen MR) is 58.8 cm³/mol. The Bertz CT molecular complexity index is 323. The molecule has 0 atom stereocenters. The molecule has 0 spiro atoms. The van der Waals surface area contributed by atoms with E-state index in [4.69, 9.17) is 15.0 Å². The van der Waals surface area contributed by atoms with Gasteiger partial charge in [-0.3, -0.25) is 0 Å². The number of carbonyl (C=O) groups is 2. The highest BCUT2D eigenvalue weighted by Crippen LogP contribution is 2.33. The minimum absolute atomic E-state index is 0.343. The van der Waals surface area contributed by atoms with E-state index in [-0.39, 0.29) is 0 Å². The van der Waals surface area contributed by atoms with Crippen LogP contribution >= 0.6 is 0 Å². The molecule has 0 aromatic carbocycles. The molecule has 0 radical (unpaired) electrons. The third kappa shape index (κ3) is 4.29. The number of piperidine rings is 2. The minimum atomic E-state index is -5.08. The van der Waals surface area contributed by atoms with Crippen molar-refractivity contribution in [2.75, 3.05) is 0 Å². The molecule has 1 amide bonds. The fourth-order valence-electron chi connectivity index (χ4n) is 2.63. The van der Waals surface area contributed by atoms with E-state index in [9.17, 15) is 18.0 Å². The van der Waals surface area contributed by atoms with Gasteiger partial charge < -0.3 is 15.1 Å². The van der Waals surface area contributed by atoms with Crippen LogP contribution < -0.4 is 0 Å². The highest BCUT2D eigenvalue weighted by atomic mass is 19.4. The number of amides is 1. The Kier molecular flexibility index (Phi) is 5.02. The molecule has 0 aromatic rings. The van der Waals surface area contributed by atoms with E-state index >= 15 is 0 Å². The fourth-order valence-corrected chi connectivity index (χ4v) is 2.63. The number of carboxylic acid groups (broad SMARTS) is 2. The second kappa shape index (κ2) is 6.12. The largest absolute Gasteiger partial charge is 0.490 e. The number of carboxylic acids is 1. The Morgan fingerprint density at radius 3 is 1.42 bits per heavy atom. The van der Waals surface area contributed by atoms with Crippen molar-refractivity contribution < 1.29 is 33.0 Å². The summed E-state index contributed by atoms with van der Waals surface area (Å²) < 4.78 is 31.7. The molecular formula is C11H16F3NO4. The lowest BCUT2D eigenvalue weighted by Crippen LogP contribution is -2.52. The number of hydrogen-bond donors (Lipinski definition) is 2. The molecule has 2 fully saturated rings. The average Bonchev–Trinajstić information content (AvgIpc) is 2.27. The summed E-state index contributed by atoms with van der Waals surface area (Å²) >= 11 is 0. The molecule has 2 aliphatic rings. The van der Waals surface area contributed by atoms with Crippen LogP contribution in [0.4, 0.5) is 18.0 Å². The molecule has 2 bridgehead atoms. The summed E-state index contributed by atoms with van der Waals surface area (Å²) in [5.74, 6) is -2.76. The first-order valence-corrected chi connectivity index (χ1v) is 6.05. The normalized spacial score (nSPS) is 26.2. The van der Waals surface area contributed by atoms with Crippen LogP contribution in [0.25, 0.3) is 0 Å². The monoisotopic (exact) mass is 283 g/mol. The van der Waals surface area contributed by atoms with Crippen LogP contribution in [0.1, 0.15) is 38.5 Å². The van der Waals surface area contributed by atoms with Crippen molar-refractivity contribution in [3.63, 3.8) is 0 Å². The van der Waals surface area contributed by atoms with Crippen molar-refractivity contribution >= 4 is 12.1 Å². The van der Waals surface area contributed by atoms with Gasteiger partial charge >= 0.3 is 18.2 Å². The van der Waals surface area contributed by atoms with Crippen LogP contribution in [0, 0.1) is 0 Å². The number of alkyl halides is 3. The third-order valence-electron chi connectivity index (χ3n) is 3.40. The smallest absolute Gasteiger partial charge is 0.475 e. The maximum Gasteiger partial charge on any atom is 0.490 e. The first kappa shape index (κ1) is 15.6. The van der Waals surface area contributed by atoms with Crippen LogP contribution in [0.3, 0.4) is 0 Å². The van der Waals surface area contributed by atoms with E-state index in [1.54, 1.807) is 4.90 Å². The highest BCUT2D eigenvalue weighted by molar-refractivity contribution is 5.73. The van der Waals surface area contributed by atoms with E-state index in [0.29, 0.717) is 12.1 Å². The fraction of sp³-hybridized carbons (Fsp3) is 0.818. The van der Waals surface area contributed by atoms with E-state index in [2.05, 4.69) is 0 Å². The van der Waals surface area contributed by atoms with Gasteiger partial charge in [0.2, 0.25) is 0 Å². The summed E-state index contributed by atoms with van der Waals surface area (Å²) in [5.41, 5.74) is 0. The second-order valence-electron chi connectivity index (χ2n) is 4.66. The van der Waals surface area contributed by atoms with Gasteiger partial charge in [0, 0.05) is 12.1 Å². The van der Waals surface area contributed by atoms with Crippen LogP contribution in [-0.4, -0.2) is 45.4 Å². The quantitative estimate of drug-likeness (QED) is 0.716. The van der Waals surface area contributed by atoms with Gasteiger partial charge in [0.15, 0.2) is 0 Å². The lowest BCUT2D eigenvalue weighted by atomic mass is 9.85. The molecule has 0 aromatic heterocycles. The van der Waals surface area contributed by atoms with Gasteiger partial charge in [-0.1, -0.05) is 0 Å². The Hall–Kier alpha value is -1.47. The lowest BCUT2D eigenvalue weighted by Gasteiger charge is -2.44. The van der Waals surface area contributed by atoms with Crippen LogP contribution in [0.2, 0.25) is 0 Å². The van der Waals surface area contributed by atoms with E-state index in [0.717, 1.165) is 25.7 Å². The number of nitrogens with zero attached hydrogens (tertiary/aromatic N) is 1. The number of fused-ring (bicyclic) bond motifs is 2. The molecule has 2 heterocycles. The summed E-state index contributed by atoms with van der Waals surface area (Å²) in [4.78, 5) is 21.5. The van der Waals surface area contributed by atoms with Crippen molar-refractivity contribution in [2.45, 2.75) is 56.8 Å². The van der Waals surface area contributed by atoms with Gasteiger partial charge in [-0.2, -0.15) is 13.2 Å². The van der Waals surface area contributed by atoms with Crippen molar-refractivity contribution in [1.29, 1.82) is 0 Å². The molecule has 5 nitrogen and oxygen atoms in total. The van der Waals surface area contributed by atoms with Crippen molar-refractivity contribution in [2.24, 2.45) is 0 Å². The Morgan fingerprint density at radius 2 is 1.26 bits per heavy atom. The van der Waals surface area contributed by atoms with E-state index in [1.165, 1.54) is 12.8 Å². The Balaban J connectivity index is 0.000000224. The predicted octanol–water partition coefficient (Wildman–Crippen LogP) is 2.70. The van der Waals surface area contributed by atoms with Gasteiger partial charge in [-0.15, -0.1) is 0 Å². The first-order chi connectivity index (χ1) is 8.73. The zero-order valence-electron chi connectivity index (χ0n) is 10.2. The van der Waals surface area contributed by atoms with Crippen LogP contribution in [-0.2, 0) is 4.79 Å². The molecule has 0 saturated carbocycles. The van der Waals surface area contributed by atoms with Gasteiger partial charge in [-0.25, -0.2) is 9.59 Å². The summed E-state index contributed by atoms with van der Waals surface area (Å²) in [6.07, 6.45) is 1.000. The lowest BCUT2D eigenvalue weighted by molar-refractivity contribution is -0.192. The van der Waals surface area contributed by atoms with Gasteiger partial charge in [0.1, 0.15) is 0 Å². The van der Waals surface area contributed by atoms with Crippen molar-refractivity contribution in [1.82, 2.24) is 4.90 Å². The van der Waals surface area contributed by atoms with Gasteiger partial charge in [0.05, 0.1) is 0 Å². The second-order valence-corrected chi connectivity index (χ2v) is 4.66. The molecule has 2 aliphatic heterocycles. The minimum Gasteiger partial charge on any atom is -0.475 e. The van der Waals surface area contributed by atoms with Crippen LogP contribution in [0.5, 0.6) is 0 Å². The Labute approximate surface area is 108 Å². The Morgan fingerprint density at radius 1 is 0.947 bits per heavy atom. The van der Waals surface area contributed by atoms with Crippen molar-refractivity contribution in [3.8, 4) is 0 Å². The van der Waals surface area contributed by atoms with Gasteiger partial charge in [-0.05, 0) is 38.5 Å². The van der Waals surface area contributed by atoms with Crippen molar-refractivity contribution in [3.05, 3.63) is 0 Å². The average molecular weight is 283 g/mol. The first-order valence-electron chi connectivity index (χ1n) is 6.05. The van der Waals surface area contributed by atoms with E-state index in [1.807, 2.05) is 0 Å². The zero-order valence-corrected chi connectivity index (χ0v) is 10.2. The maximum atomic E-state index is 10.9. The molecule has 19 heavy (non-hydrogen) atoms. The van der Waals surface area contributed by atoms with E-state index < -0.39 is 18.2 Å². The molecule has 2 saturated heterocycles. The molecular weight excluding hydrogens is 267 g/mol.